The van der Waals surface area contributed by atoms with Crippen LogP contribution in [0.1, 0.15) is 46.5 Å². The smallest absolute Gasteiger partial charge is 0.160 e. The molecule has 2 heterocycles. The maximum Gasteiger partial charge on any atom is 0.160 e. The fourth-order valence-electron chi connectivity index (χ4n) is 2.02. The van der Waals surface area contributed by atoms with Crippen molar-refractivity contribution in [3.63, 3.8) is 0 Å². The molecule has 0 unspecified atom stereocenters. The van der Waals surface area contributed by atoms with Crippen LogP contribution in [0.15, 0.2) is 12.3 Å². The lowest BCUT2D eigenvalue weighted by atomic mass is 9.95. The molecule has 0 bridgehead atoms. The van der Waals surface area contributed by atoms with Gasteiger partial charge in [0.1, 0.15) is 11.3 Å². The summed E-state index contributed by atoms with van der Waals surface area (Å²) in [5.74, 6) is 1.06. The molecule has 0 fully saturated rings. The van der Waals surface area contributed by atoms with Crippen LogP contribution < -0.4 is 5.73 Å². The fourth-order valence-corrected chi connectivity index (χ4v) is 2.02. The number of fused-ring (bicyclic) bond motifs is 1. The molecule has 0 atom stereocenters. The first-order valence-electron chi connectivity index (χ1n) is 5.94. The first-order chi connectivity index (χ1) is 7.80. The summed E-state index contributed by atoms with van der Waals surface area (Å²) < 4.78 is 2.19. The predicted octanol–water partition coefficient (Wildman–Crippen LogP) is 2.89. The quantitative estimate of drug-likeness (QED) is 0.822. The molecule has 2 aromatic rings. The third-order valence-electron chi connectivity index (χ3n) is 2.74. The average Bonchev–Trinajstić information content (AvgIpc) is 2.55. The molecule has 92 valence electrons. The van der Waals surface area contributed by atoms with Crippen LogP contribution in [0.5, 0.6) is 0 Å². The zero-order valence-electron chi connectivity index (χ0n) is 11.2. The number of hydrogen-bond donors (Lipinski definition) is 1. The highest BCUT2D eigenvalue weighted by Crippen LogP contribution is 2.28. The highest BCUT2D eigenvalue weighted by molar-refractivity contribution is 5.75. The number of rotatable bonds is 1. The van der Waals surface area contributed by atoms with Crippen LogP contribution in [0.25, 0.3) is 11.2 Å². The molecule has 2 N–H and O–H groups in total. The van der Waals surface area contributed by atoms with E-state index in [2.05, 4.69) is 49.2 Å². The Morgan fingerprint density at radius 1 is 1.29 bits per heavy atom. The standard InChI is InChI=1S/C13H20N4/c1-8(2)17-11-10(6-9(14)7-15-11)16-12(17)13(3,4)5/h6-8H,14H2,1-5H3. The number of aromatic nitrogens is 3. The van der Waals surface area contributed by atoms with Crippen LogP contribution in [0.3, 0.4) is 0 Å². The van der Waals surface area contributed by atoms with E-state index in [1.54, 1.807) is 6.20 Å². The maximum atomic E-state index is 5.76. The second-order valence-electron chi connectivity index (χ2n) is 5.76. The van der Waals surface area contributed by atoms with Gasteiger partial charge in [-0.1, -0.05) is 20.8 Å². The van der Waals surface area contributed by atoms with E-state index in [1.165, 1.54) is 0 Å². The van der Waals surface area contributed by atoms with Crippen LogP contribution in [-0.2, 0) is 5.41 Å². The molecule has 4 nitrogen and oxygen atoms in total. The number of nitrogen functional groups attached to an aromatic ring is 1. The normalized spacial score (nSPS) is 12.6. The van der Waals surface area contributed by atoms with E-state index in [4.69, 9.17) is 5.73 Å². The van der Waals surface area contributed by atoms with E-state index in [0.717, 1.165) is 17.0 Å². The van der Waals surface area contributed by atoms with Gasteiger partial charge in [0, 0.05) is 11.5 Å². The Hall–Kier alpha value is -1.58. The van der Waals surface area contributed by atoms with E-state index in [1.807, 2.05) is 6.07 Å². The molecule has 0 aliphatic rings. The van der Waals surface area contributed by atoms with Gasteiger partial charge >= 0.3 is 0 Å². The lowest BCUT2D eigenvalue weighted by molar-refractivity contribution is 0.475. The SMILES string of the molecule is CC(C)n1c(C(C)(C)C)nc2cc(N)cnc21. The molecule has 0 saturated carbocycles. The van der Waals surface area contributed by atoms with Crippen LogP contribution in [0.2, 0.25) is 0 Å². The molecule has 0 aliphatic heterocycles. The minimum absolute atomic E-state index is 0.000266. The molecule has 0 amide bonds. The number of anilines is 1. The van der Waals surface area contributed by atoms with Gasteiger partial charge in [-0.05, 0) is 19.9 Å². The Morgan fingerprint density at radius 3 is 2.47 bits per heavy atom. The van der Waals surface area contributed by atoms with Gasteiger partial charge in [0.2, 0.25) is 0 Å². The van der Waals surface area contributed by atoms with Gasteiger partial charge in [-0.15, -0.1) is 0 Å². The van der Waals surface area contributed by atoms with Crippen molar-refractivity contribution in [2.45, 2.75) is 46.1 Å². The van der Waals surface area contributed by atoms with Gasteiger partial charge in [-0.25, -0.2) is 9.97 Å². The number of nitrogens with two attached hydrogens (primary N) is 1. The van der Waals surface area contributed by atoms with Crippen molar-refractivity contribution >= 4 is 16.9 Å². The Labute approximate surface area is 102 Å². The summed E-state index contributed by atoms with van der Waals surface area (Å²) in [6.07, 6.45) is 1.69. The lowest BCUT2D eigenvalue weighted by Crippen LogP contribution is -2.20. The summed E-state index contributed by atoms with van der Waals surface area (Å²) in [6.45, 7) is 10.8. The number of pyridine rings is 1. The van der Waals surface area contributed by atoms with Crippen molar-refractivity contribution in [3.05, 3.63) is 18.1 Å². The molecular weight excluding hydrogens is 212 g/mol. The number of hydrogen-bond acceptors (Lipinski definition) is 3. The second-order valence-corrected chi connectivity index (χ2v) is 5.76. The Balaban J connectivity index is 2.80. The summed E-state index contributed by atoms with van der Waals surface area (Å²) in [4.78, 5) is 9.10. The summed E-state index contributed by atoms with van der Waals surface area (Å²) in [5, 5.41) is 0. The molecular formula is C13H20N4. The zero-order valence-corrected chi connectivity index (χ0v) is 11.2. The maximum absolute atomic E-state index is 5.76. The van der Waals surface area contributed by atoms with E-state index < -0.39 is 0 Å². The Kier molecular flexibility index (Phi) is 2.60. The first kappa shape index (κ1) is 11.9. The van der Waals surface area contributed by atoms with Gasteiger partial charge in [0.05, 0.1) is 11.9 Å². The third kappa shape index (κ3) is 1.99. The molecule has 2 aromatic heterocycles. The summed E-state index contributed by atoms with van der Waals surface area (Å²) in [6, 6.07) is 2.22. The van der Waals surface area contributed by atoms with E-state index in [-0.39, 0.29) is 5.41 Å². The molecule has 0 aliphatic carbocycles. The third-order valence-corrected chi connectivity index (χ3v) is 2.74. The highest BCUT2D eigenvalue weighted by atomic mass is 15.2. The molecule has 0 aromatic carbocycles. The van der Waals surface area contributed by atoms with Crippen LogP contribution in [0.4, 0.5) is 5.69 Å². The minimum atomic E-state index is -0.000266. The van der Waals surface area contributed by atoms with Crippen molar-refractivity contribution in [2.75, 3.05) is 5.73 Å². The van der Waals surface area contributed by atoms with Crippen LogP contribution in [0, 0.1) is 0 Å². The molecule has 0 spiro atoms. The topological polar surface area (TPSA) is 56.7 Å². The van der Waals surface area contributed by atoms with Crippen molar-refractivity contribution in [1.82, 2.24) is 14.5 Å². The van der Waals surface area contributed by atoms with Gasteiger partial charge in [-0.2, -0.15) is 0 Å². The van der Waals surface area contributed by atoms with Gasteiger partial charge < -0.3 is 10.3 Å². The summed E-state index contributed by atoms with van der Waals surface area (Å²) >= 11 is 0. The first-order valence-corrected chi connectivity index (χ1v) is 5.94. The van der Waals surface area contributed by atoms with Crippen molar-refractivity contribution < 1.29 is 0 Å². The fraction of sp³-hybridized carbons (Fsp3) is 0.538. The minimum Gasteiger partial charge on any atom is -0.397 e. The zero-order chi connectivity index (χ0) is 12.8. The molecule has 0 saturated heterocycles. The molecule has 2 rings (SSSR count). The van der Waals surface area contributed by atoms with Crippen molar-refractivity contribution in [1.29, 1.82) is 0 Å². The van der Waals surface area contributed by atoms with Gasteiger partial charge in [0.15, 0.2) is 5.65 Å². The van der Waals surface area contributed by atoms with E-state index in [9.17, 15) is 0 Å². The van der Waals surface area contributed by atoms with E-state index >= 15 is 0 Å². The van der Waals surface area contributed by atoms with E-state index in [0.29, 0.717) is 11.7 Å². The van der Waals surface area contributed by atoms with Crippen LogP contribution in [-0.4, -0.2) is 14.5 Å². The summed E-state index contributed by atoms with van der Waals surface area (Å²) in [7, 11) is 0. The largest absolute Gasteiger partial charge is 0.397 e. The molecule has 0 radical (unpaired) electrons. The van der Waals surface area contributed by atoms with Crippen molar-refractivity contribution in [3.8, 4) is 0 Å². The van der Waals surface area contributed by atoms with Crippen LogP contribution >= 0.6 is 0 Å². The van der Waals surface area contributed by atoms with Gasteiger partial charge in [-0.3, -0.25) is 0 Å². The Bertz CT molecular complexity index is 546. The monoisotopic (exact) mass is 232 g/mol. The molecule has 4 heteroatoms. The average molecular weight is 232 g/mol. The number of imidazole rings is 1. The number of nitrogens with zero attached hydrogens (tertiary/aromatic N) is 3. The predicted molar refractivity (Wildman–Crippen MR) is 71.0 cm³/mol. The second kappa shape index (κ2) is 3.72. The highest BCUT2D eigenvalue weighted by Gasteiger charge is 2.24. The van der Waals surface area contributed by atoms with Crippen molar-refractivity contribution in [2.24, 2.45) is 0 Å². The molecule has 17 heavy (non-hydrogen) atoms. The lowest BCUT2D eigenvalue weighted by Gasteiger charge is -2.22. The Morgan fingerprint density at radius 2 is 1.94 bits per heavy atom. The summed E-state index contributed by atoms with van der Waals surface area (Å²) in [5.41, 5.74) is 8.21. The van der Waals surface area contributed by atoms with Gasteiger partial charge in [0.25, 0.3) is 0 Å².